The van der Waals surface area contributed by atoms with Gasteiger partial charge in [0.2, 0.25) is 6.29 Å². The number of esters is 1. The van der Waals surface area contributed by atoms with E-state index in [1.807, 2.05) is 6.07 Å². The fourth-order valence-electron chi connectivity index (χ4n) is 1.38. The van der Waals surface area contributed by atoms with Gasteiger partial charge in [-0.3, -0.25) is 0 Å². The maximum Gasteiger partial charge on any atom is 0.345 e. The highest BCUT2D eigenvalue weighted by molar-refractivity contribution is 5.93. The molecule has 1 atom stereocenters. The van der Waals surface area contributed by atoms with E-state index in [4.69, 9.17) is 15.2 Å². The number of rotatable bonds is 1. The Kier molecular flexibility index (Phi) is 2.13. The highest BCUT2D eigenvalue weighted by atomic mass is 16.7. The van der Waals surface area contributed by atoms with Gasteiger partial charge in [0.05, 0.1) is 0 Å². The zero-order valence-corrected chi connectivity index (χ0v) is 7.82. The summed E-state index contributed by atoms with van der Waals surface area (Å²) in [4.78, 5) is 11.4. The molecule has 0 fully saturated rings. The Bertz CT molecular complexity index is 376. The highest BCUT2D eigenvalue weighted by Crippen LogP contribution is 2.26. The lowest BCUT2D eigenvalue weighted by atomic mass is 10.1. The molecule has 14 heavy (non-hydrogen) atoms. The molecule has 0 bridgehead atoms. The number of nitrogens with two attached hydrogens (primary N) is 1. The van der Waals surface area contributed by atoms with Crippen LogP contribution >= 0.6 is 0 Å². The van der Waals surface area contributed by atoms with Crippen molar-refractivity contribution in [3.63, 3.8) is 0 Å². The van der Waals surface area contributed by atoms with Crippen LogP contribution in [0.4, 0.5) is 0 Å². The van der Waals surface area contributed by atoms with Crippen LogP contribution in [0.5, 0.6) is 5.75 Å². The van der Waals surface area contributed by atoms with Gasteiger partial charge in [-0.2, -0.15) is 0 Å². The molecule has 0 radical (unpaired) electrons. The predicted octanol–water partition coefficient (Wildman–Crippen LogP) is 1.04. The summed E-state index contributed by atoms with van der Waals surface area (Å²) in [6.45, 7) is 2.08. The summed E-state index contributed by atoms with van der Waals surface area (Å²) in [6.07, 6.45) is -0.515. The summed E-state index contributed by atoms with van der Waals surface area (Å²) >= 11 is 0. The summed E-state index contributed by atoms with van der Waals surface area (Å²) in [7, 11) is 0. The number of cyclic esters (lactones) is 1. The van der Waals surface area contributed by atoms with Crippen molar-refractivity contribution in [3.05, 3.63) is 29.3 Å². The van der Waals surface area contributed by atoms with E-state index in [0.29, 0.717) is 17.9 Å². The molecule has 1 unspecified atom stereocenters. The van der Waals surface area contributed by atoms with Crippen LogP contribution in [0.2, 0.25) is 0 Å². The number of fused-ring (bicyclic) bond motifs is 1. The molecular weight excluding hydrogens is 182 g/mol. The number of ether oxygens (including phenoxy) is 2. The average molecular weight is 193 g/mol. The van der Waals surface area contributed by atoms with Gasteiger partial charge in [-0.25, -0.2) is 4.79 Å². The van der Waals surface area contributed by atoms with Gasteiger partial charge in [-0.05, 0) is 17.7 Å². The van der Waals surface area contributed by atoms with Gasteiger partial charge in [0, 0.05) is 13.5 Å². The Hall–Kier alpha value is -1.55. The normalized spacial score (nSPS) is 19.6. The Morgan fingerprint density at radius 2 is 2.21 bits per heavy atom. The van der Waals surface area contributed by atoms with E-state index in [1.54, 1.807) is 19.1 Å². The molecule has 2 rings (SSSR count). The molecule has 1 aromatic rings. The quantitative estimate of drug-likeness (QED) is 0.677. The van der Waals surface area contributed by atoms with Crippen LogP contribution in [0.15, 0.2) is 18.2 Å². The second kappa shape index (κ2) is 3.31. The second-order valence-corrected chi connectivity index (χ2v) is 3.13. The van der Waals surface area contributed by atoms with Crippen molar-refractivity contribution < 1.29 is 14.3 Å². The Labute approximate surface area is 81.6 Å². The third kappa shape index (κ3) is 1.44. The molecule has 1 aliphatic heterocycles. The summed E-state index contributed by atoms with van der Waals surface area (Å²) < 4.78 is 10.2. The van der Waals surface area contributed by atoms with Crippen LogP contribution in [-0.4, -0.2) is 12.3 Å². The van der Waals surface area contributed by atoms with E-state index in [9.17, 15) is 4.79 Å². The van der Waals surface area contributed by atoms with Crippen LogP contribution in [0, 0.1) is 0 Å². The Balaban J connectivity index is 2.44. The minimum Gasteiger partial charge on any atom is -0.454 e. The minimum absolute atomic E-state index is 0.353. The standard InChI is InChI=1S/C10H11NO3/c1-6-13-9-3-2-7(5-11)4-8(9)10(12)14-6/h2-4,6H,5,11H2,1H3. The minimum atomic E-state index is -0.515. The second-order valence-electron chi connectivity index (χ2n) is 3.13. The van der Waals surface area contributed by atoms with Gasteiger partial charge in [0.1, 0.15) is 11.3 Å². The van der Waals surface area contributed by atoms with Crippen LogP contribution in [-0.2, 0) is 11.3 Å². The summed E-state index contributed by atoms with van der Waals surface area (Å²) in [6, 6.07) is 5.28. The van der Waals surface area contributed by atoms with Gasteiger partial charge >= 0.3 is 5.97 Å². The van der Waals surface area contributed by atoms with E-state index in [0.717, 1.165) is 5.56 Å². The molecule has 0 aromatic heterocycles. The van der Waals surface area contributed by atoms with E-state index in [-0.39, 0.29) is 5.97 Å². The zero-order valence-electron chi connectivity index (χ0n) is 7.82. The van der Waals surface area contributed by atoms with Crippen molar-refractivity contribution in [2.45, 2.75) is 19.8 Å². The predicted molar refractivity (Wildman–Crippen MR) is 49.8 cm³/mol. The first-order valence-electron chi connectivity index (χ1n) is 4.41. The number of benzene rings is 1. The average Bonchev–Trinajstić information content (AvgIpc) is 2.17. The summed E-state index contributed by atoms with van der Waals surface area (Å²) in [5.41, 5.74) is 6.80. The molecule has 4 nitrogen and oxygen atoms in total. The van der Waals surface area contributed by atoms with Gasteiger partial charge in [0.15, 0.2) is 0 Å². The van der Waals surface area contributed by atoms with Gasteiger partial charge in [0.25, 0.3) is 0 Å². The lowest BCUT2D eigenvalue weighted by Crippen LogP contribution is -2.27. The van der Waals surface area contributed by atoms with Gasteiger partial charge in [-0.1, -0.05) is 6.07 Å². The van der Waals surface area contributed by atoms with E-state index >= 15 is 0 Å². The molecule has 0 aliphatic carbocycles. The van der Waals surface area contributed by atoms with Crippen LogP contribution in [0.1, 0.15) is 22.8 Å². The first kappa shape index (κ1) is 9.02. The topological polar surface area (TPSA) is 61.5 Å². The molecule has 0 amide bonds. The molecule has 4 heteroatoms. The maximum absolute atomic E-state index is 11.4. The van der Waals surface area contributed by atoms with Crippen LogP contribution in [0.3, 0.4) is 0 Å². The highest BCUT2D eigenvalue weighted by Gasteiger charge is 2.24. The number of hydrogen-bond acceptors (Lipinski definition) is 4. The molecule has 1 heterocycles. The van der Waals surface area contributed by atoms with Crippen molar-refractivity contribution in [2.75, 3.05) is 0 Å². The van der Waals surface area contributed by atoms with E-state index in [1.165, 1.54) is 0 Å². The van der Waals surface area contributed by atoms with Crippen LogP contribution in [0.25, 0.3) is 0 Å². The molecule has 74 valence electrons. The summed E-state index contributed by atoms with van der Waals surface area (Å²) in [5.74, 6) is 0.208. The van der Waals surface area contributed by atoms with Crippen molar-refractivity contribution in [1.82, 2.24) is 0 Å². The summed E-state index contributed by atoms with van der Waals surface area (Å²) in [5, 5.41) is 0. The lowest BCUT2D eigenvalue weighted by molar-refractivity contribution is -0.0489. The fourth-order valence-corrected chi connectivity index (χ4v) is 1.38. The van der Waals surface area contributed by atoms with Gasteiger partial charge < -0.3 is 15.2 Å². The fraction of sp³-hybridized carbons (Fsp3) is 0.300. The van der Waals surface area contributed by atoms with E-state index < -0.39 is 6.29 Å². The van der Waals surface area contributed by atoms with Gasteiger partial charge in [-0.15, -0.1) is 0 Å². The maximum atomic E-state index is 11.4. The van der Waals surface area contributed by atoms with E-state index in [2.05, 4.69) is 0 Å². The third-order valence-corrected chi connectivity index (χ3v) is 2.07. The molecule has 2 N–H and O–H groups in total. The molecule has 1 aromatic carbocycles. The van der Waals surface area contributed by atoms with Crippen molar-refractivity contribution >= 4 is 5.97 Å². The SMILES string of the molecule is CC1OC(=O)c2cc(CN)ccc2O1. The molecule has 0 spiro atoms. The number of carbonyl (C=O) groups excluding carboxylic acids is 1. The Morgan fingerprint density at radius 3 is 2.93 bits per heavy atom. The number of carbonyl (C=O) groups is 1. The molecular formula is C10H11NO3. The molecule has 1 aliphatic rings. The molecule has 0 saturated heterocycles. The third-order valence-electron chi connectivity index (χ3n) is 2.07. The monoisotopic (exact) mass is 193 g/mol. The first-order chi connectivity index (χ1) is 6.70. The largest absolute Gasteiger partial charge is 0.454 e. The zero-order chi connectivity index (χ0) is 10.1. The smallest absolute Gasteiger partial charge is 0.345 e. The lowest BCUT2D eigenvalue weighted by Gasteiger charge is -2.22. The van der Waals surface area contributed by atoms with Crippen molar-refractivity contribution in [2.24, 2.45) is 5.73 Å². The van der Waals surface area contributed by atoms with Crippen LogP contribution < -0.4 is 10.5 Å². The van der Waals surface area contributed by atoms with Crippen molar-refractivity contribution in [1.29, 1.82) is 0 Å². The molecule has 0 saturated carbocycles. The van der Waals surface area contributed by atoms with Crippen molar-refractivity contribution in [3.8, 4) is 5.75 Å². The number of hydrogen-bond donors (Lipinski definition) is 1. The Morgan fingerprint density at radius 1 is 1.43 bits per heavy atom. The first-order valence-corrected chi connectivity index (χ1v) is 4.41.